The molecule has 0 aliphatic carbocycles. The summed E-state index contributed by atoms with van der Waals surface area (Å²) in [5.41, 5.74) is 2.16. The van der Waals surface area contributed by atoms with E-state index in [9.17, 15) is 4.79 Å². The van der Waals surface area contributed by atoms with Crippen LogP contribution in [-0.4, -0.2) is 18.3 Å². The van der Waals surface area contributed by atoms with E-state index in [1.54, 1.807) is 13.2 Å². The van der Waals surface area contributed by atoms with E-state index in [0.29, 0.717) is 5.69 Å². The van der Waals surface area contributed by atoms with Crippen molar-refractivity contribution in [1.29, 1.82) is 0 Å². The van der Waals surface area contributed by atoms with Crippen LogP contribution in [0.4, 0.5) is 0 Å². The summed E-state index contributed by atoms with van der Waals surface area (Å²) in [5.74, 6) is 0. The molecule has 0 saturated carbocycles. The van der Waals surface area contributed by atoms with Crippen LogP contribution in [0.2, 0.25) is 0 Å². The molecule has 0 unspecified atom stereocenters. The first-order valence-electron chi connectivity index (χ1n) is 4.04. The standard InChI is InChI=1S/C10H12N2O/c1-8-3-4-9(5-6-11-2)10(7-13)12-8/h3-7,11H,1-2H3/b6-5-. The Bertz CT molecular complexity index is 332. The fourth-order valence-corrected chi connectivity index (χ4v) is 0.996. The summed E-state index contributed by atoms with van der Waals surface area (Å²) in [4.78, 5) is 14.7. The van der Waals surface area contributed by atoms with E-state index in [0.717, 1.165) is 17.5 Å². The maximum atomic E-state index is 10.6. The Morgan fingerprint density at radius 1 is 1.46 bits per heavy atom. The van der Waals surface area contributed by atoms with Gasteiger partial charge in [-0.15, -0.1) is 0 Å². The molecule has 0 radical (unpaired) electrons. The molecule has 3 heteroatoms. The number of hydrogen-bond donors (Lipinski definition) is 1. The van der Waals surface area contributed by atoms with E-state index >= 15 is 0 Å². The second-order valence-corrected chi connectivity index (χ2v) is 2.67. The molecule has 68 valence electrons. The molecule has 0 spiro atoms. The lowest BCUT2D eigenvalue weighted by molar-refractivity contribution is 0.111. The van der Waals surface area contributed by atoms with Crippen LogP contribution in [0.3, 0.4) is 0 Å². The normalized spacial score (nSPS) is 10.3. The van der Waals surface area contributed by atoms with Gasteiger partial charge in [0.15, 0.2) is 6.29 Å². The van der Waals surface area contributed by atoms with Crippen molar-refractivity contribution in [3.05, 3.63) is 35.3 Å². The van der Waals surface area contributed by atoms with Gasteiger partial charge in [-0.25, -0.2) is 4.98 Å². The molecule has 0 aliphatic heterocycles. The number of carbonyl (C=O) groups excluding carboxylic acids is 1. The molecule has 0 bridgehead atoms. The third-order valence-corrected chi connectivity index (χ3v) is 1.64. The van der Waals surface area contributed by atoms with Gasteiger partial charge in [-0.2, -0.15) is 0 Å². The van der Waals surface area contributed by atoms with Crippen LogP contribution in [0.1, 0.15) is 21.7 Å². The predicted octanol–water partition coefficient (Wildman–Crippen LogP) is 1.39. The van der Waals surface area contributed by atoms with Crippen LogP contribution in [0.15, 0.2) is 18.3 Å². The van der Waals surface area contributed by atoms with Gasteiger partial charge in [-0.3, -0.25) is 4.79 Å². The number of aryl methyl sites for hydroxylation is 1. The van der Waals surface area contributed by atoms with Crippen LogP contribution in [0, 0.1) is 6.92 Å². The molecule has 13 heavy (non-hydrogen) atoms. The van der Waals surface area contributed by atoms with E-state index in [4.69, 9.17) is 0 Å². The monoisotopic (exact) mass is 176 g/mol. The molecule has 0 fully saturated rings. The largest absolute Gasteiger partial charge is 0.394 e. The number of pyridine rings is 1. The van der Waals surface area contributed by atoms with Gasteiger partial charge in [0.2, 0.25) is 0 Å². The lowest BCUT2D eigenvalue weighted by atomic mass is 10.2. The van der Waals surface area contributed by atoms with Crippen molar-refractivity contribution < 1.29 is 4.79 Å². The van der Waals surface area contributed by atoms with Crippen molar-refractivity contribution in [3.63, 3.8) is 0 Å². The van der Waals surface area contributed by atoms with E-state index in [1.165, 1.54) is 0 Å². The van der Waals surface area contributed by atoms with Gasteiger partial charge in [-0.05, 0) is 25.3 Å². The van der Waals surface area contributed by atoms with Gasteiger partial charge in [-0.1, -0.05) is 6.07 Å². The highest BCUT2D eigenvalue weighted by molar-refractivity contribution is 5.79. The Morgan fingerprint density at radius 2 is 2.23 bits per heavy atom. The molecule has 0 aliphatic rings. The van der Waals surface area contributed by atoms with Crippen LogP contribution >= 0.6 is 0 Å². The number of aldehydes is 1. The zero-order chi connectivity index (χ0) is 9.68. The fraction of sp³-hybridized carbons (Fsp3) is 0.200. The third kappa shape index (κ3) is 2.40. The molecule has 0 atom stereocenters. The lowest BCUT2D eigenvalue weighted by Gasteiger charge is -1.99. The topological polar surface area (TPSA) is 42.0 Å². The molecule has 1 heterocycles. The summed E-state index contributed by atoms with van der Waals surface area (Å²) in [6, 6.07) is 3.75. The van der Waals surface area contributed by atoms with Crippen molar-refractivity contribution >= 4 is 12.4 Å². The predicted molar refractivity (Wildman–Crippen MR) is 52.5 cm³/mol. The highest BCUT2D eigenvalue weighted by Crippen LogP contribution is 2.06. The van der Waals surface area contributed by atoms with E-state index in [-0.39, 0.29) is 0 Å². The molecular formula is C10H12N2O. The maximum absolute atomic E-state index is 10.6. The van der Waals surface area contributed by atoms with Crippen molar-refractivity contribution in [2.75, 3.05) is 7.05 Å². The number of rotatable bonds is 3. The summed E-state index contributed by atoms with van der Waals surface area (Å²) in [6.45, 7) is 1.86. The minimum Gasteiger partial charge on any atom is -0.394 e. The minimum atomic E-state index is 0.478. The molecule has 3 nitrogen and oxygen atoms in total. The molecular weight excluding hydrogens is 164 g/mol. The van der Waals surface area contributed by atoms with Gasteiger partial charge in [0.05, 0.1) is 0 Å². The molecule has 0 amide bonds. The smallest absolute Gasteiger partial charge is 0.169 e. The fourth-order valence-electron chi connectivity index (χ4n) is 0.996. The maximum Gasteiger partial charge on any atom is 0.169 e. The second kappa shape index (κ2) is 4.40. The van der Waals surface area contributed by atoms with Crippen molar-refractivity contribution in [3.8, 4) is 0 Å². The number of carbonyl (C=O) groups is 1. The number of hydrogen-bond acceptors (Lipinski definition) is 3. The van der Waals surface area contributed by atoms with Crippen LogP contribution in [0.5, 0.6) is 0 Å². The van der Waals surface area contributed by atoms with Gasteiger partial charge in [0.1, 0.15) is 5.69 Å². The van der Waals surface area contributed by atoms with Gasteiger partial charge in [0.25, 0.3) is 0 Å². The quantitative estimate of drug-likeness (QED) is 0.708. The molecule has 1 rings (SSSR count). The van der Waals surface area contributed by atoms with Crippen LogP contribution in [-0.2, 0) is 0 Å². The van der Waals surface area contributed by atoms with E-state index < -0.39 is 0 Å². The average Bonchev–Trinajstić information content (AvgIpc) is 2.16. The van der Waals surface area contributed by atoms with Crippen molar-refractivity contribution in [2.24, 2.45) is 0 Å². The summed E-state index contributed by atoms with van der Waals surface area (Å²) in [7, 11) is 1.80. The zero-order valence-electron chi connectivity index (χ0n) is 7.74. The molecule has 1 N–H and O–H groups in total. The Hall–Kier alpha value is -1.64. The number of nitrogens with one attached hydrogen (secondary N) is 1. The lowest BCUT2D eigenvalue weighted by Crippen LogP contribution is -1.96. The number of nitrogens with zero attached hydrogens (tertiary/aromatic N) is 1. The zero-order valence-corrected chi connectivity index (χ0v) is 7.74. The summed E-state index contributed by atoms with van der Waals surface area (Å²) in [5, 5.41) is 2.86. The van der Waals surface area contributed by atoms with Crippen molar-refractivity contribution in [1.82, 2.24) is 10.3 Å². The SMILES string of the molecule is CN/C=C\c1ccc(C)nc1C=O. The first-order chi connectivity index (χ1) is 6.27. The van der Waals surface area contributed by atoms with E-state index in [2.05, 4.69) is 10.3 Å². The second-order valence-electron chi connectivity index (χ2n) is 2.67. The first-order valence-corrected chi connectivity index (χ1v) is 4.04. The average molecular weight is 176 g/mol. The first kappa shape index (κ1) is 9.45. The number of aromatic nitrogens is 1. The van der Waals surface area contributed by atoms with Crippen LogP contribution in [0.25, 0.3) is 6.08 Å². The molecule has 0 saturated heterocycles. The Labute approximate surface area is 77.5 Å². The van der Waals surface area contributed by atoms with Crippen LogP contribution < -0.4 is 5.32 Å². The van der Waals surface area contributed by atoms with Gasteiger partial charge in [0, 0.05) is 18.3 Å². The highest BCUT2D eigenvalue weighted by Gasteiger charge is 1.98. The minimum absolute atomic E-state index is 0.478. The molecule has 0 aromatic carbocycles. The summed E-state index contributed by atoms with van der Waals surface area (Å²) < 4.78 is 0. The summed E-state index contributed by atoms with van der Waals surface area (Å²) >= 11 is 0. The Balaban J connectivity index is 3.06. The summed E-state index contributed by atoms with van der Waals surface area (Å²) in [6.07, 6.45) is 4.35. The third-order valence-electron chi connectivity index (χ3n) is 1.64. The molecule has 1 aromatic rings. The van der Waals surface area contributed by atoms with Gasteiger partial charge >= 0.3 is 0 Å². The molecule has 1 aromatic heterocycles. The van der Waals surface area contributed by atoms with Crippen molar-refractivity contribution in [2.45, 2.75) is 6.92 Å². The highest BCUT2D eigenvalue weighted by atomic mass is 16.1. The van der Waals surface area contributed by atoms with E-state index in [1.807, 2.05) is 25.1 Å². The Morgan fingerprint density at radius 3 is 2.85 bits per heavy atom. The Kier molecular flexibility index (Phi) is 3.20. The van der Waals surface area contributed by atoms with Gasteiger partial charge < -0.3 is 5.32 Å².